The van der Waals surface area contributed by atoms with E-state index in [1.54, 1.807) is 6.07 Å². The Balaban J connectivity index is 2.38. The Morgan fingerprint density at radius 3 is 2.05 bits per heavy atom. The third-order valence-electron chi connectivity index (χ3n) is 4.32. The fraction of sp³-hybridized carbons (Fsp3) is 0.100. The van der Waals surface area contributed by atoms with Gasteiger partial charge in [-0.25, -0.2) is 0 Å². The summed E-state index contributed by atoms with van der Waals surface area (Å²) in [5, 5.41) is 17.3. The fourth-order valence-electron chi connectivity index (χ4n) is 3.44. The highest BCUT2D eigenvalue weighted by Crippen LogP contribution is 2.37. The van der Waals surface area contributed by atoms with Gasteiger partial charge in [0.05, 0.1) is 0 Å². The number of rotatable bonds is 0. The highest BCUT2D eigenvalue weighted by Gasteiger charge is 2.10. The lowest BCUT2D eigenvalue weighted by molar-refractivity contribution is 0.476. The van der Waals surface area contributed by atoms with Crippen LogP contribution >= 0.6 is 0 Å². The first kappa shape index (κ1) is 12.2. The van der Waals surface area contributed by atoms with Crippen LogP contribution in [0.4, 0.5) is 0 Å². The first-order valence-corrected chi connectivity index (χ1v) is 7.19. The minimum atomic E-state index is 0.320. The number of hydrogen-bond donors (Lipinski definition) is 1. The summed E-state index contributed by atoms with van der Waals surface area (Å²) < 4.78 is 0. The topological polar surface area (TPSA) is 20.2 Å². The van der Waals surface area contributed by atoms with Crippen molar-refractivity contribution in [2.45, 2.75) is 13.8 Å². The standard InChI is InChI=1S/C20H16O/c1-12-10-15-7-8-16(21)11-18(15)20-13(2)9-14-5-3-4-6-17(14)19(12)20/h3-11,21H,1-2H3. The number of phenolic OH excluding ortho intramolecular Hbond substituents is 1. The van der Waals surface area contributed by atoms with Crippen molar-refractivity contribution in [1.29, 1.82) is 0 Å². The van der Waals surface area contributed by atoms with Crippen molar-refractivity contribution in [3.05, 3.63) is 65.7 Å². The van der Waals surface area contributed by atoms with Crippen LogP contribution in [0, 0.1) is 13.8 Å². The normalized spacial score (nSPS) is 11.5. The van der Waals surface area contributed by atoms with E-state index in [1.165, 1.54) is 38.1 Å². The van der Waals surface area contributed by atoms with Crippen LogP contribution in [0.25, 0.3) is 32.3 Å². The predicted octanol–water partition coefficient (Wildman–Crippen LogP) is 5.47. The van der Waals surface area contributed by atoms with Gasteiger partial charge in [-0.2, -0.15) is 0 Å². The summed E-state index contributed by atoms with van der Waals surface area (Å²) >= 11 is 0. The van der Waals surface area contributed by atoms with Gasteiger partial charge in [-0.05, 0) is 69.4 Å². The van der Waals surface area contributed by atoms with Crippen LogP contribution in [-0.4, -0.2) is 5.11 Å². The smallest absolute Gasteiger partial charge is 0.116 e. The SMILES string of the molecule is Cc1cc2ccc(O)cc2c2c(C)cc3ccccc3c12. The maximum Gasteiger partial charge on any atom is 0.116 e. The van der Waals surface area contributed by atoms with Crippen molar-refractivity contribution < 1.29 is 5.11 Å². The second kappa shape index (κ2) is 4.23. The van der Waals surface area contributed by atoms with Crippen molar-refractivity contribution in [2.24, 2.45) is 0 Å². The fourth-order valence-corrected chi connectivity index (χ4v) is 3.44. The molecule has 4 aromatic carbocycles. The van der Waals surface area contributed by atoms with E-state index in [9.17, 15) is 5.11 Å². The molecule has 0 bridgehead atoms. The van der Waals surface area contributed by atoms with Crippen LogP contribution < -0.4 is 0 Å². The van der Waals surface area contributed by atoms with Gasteiger partial charge < -0.3 is 5.11 Å². The van der Waals surface area contributed by atoms with E-state index < -0.39 is 0 Å². The zero-order valence-corrected chi connectivity index (χ0v) is 12.1. The van der Waals surface area contributed by atoms with E-state index in [-0.39, 0.29) is 0 Å². The average Bonchev–Trinajstić information content (AvgIpc) is 2.47. The first-order chi connectivity index (χ1) is 10.1. The molecule has 0 aromatic heterocycles. The van der Waals surface area contributed by atoms with Crippen molar-refractivity contribution in [2.75, 3.05) is 0 Å². The zero-order chi connectivity index (χ0) is 14.6. The van der Waals surface area contributed by atoms with Gasteiger partial charge in [0.25, 0.3) is 0 Å². The first-order valence-electron chi connectivity index (χ1n) is 7.19. The molecular weight excluding hydrogens is 256 g/mol. The lowest BCUT2D eigenvalue weighted by atomic mass is 9.90. The maximum absolute atomic E-state index is 9.86. The molecule has 4 aromatic rings. The van der Waals surface area contributed by atoms with E-state index in [4.69, 9.17) is 0 Å². The predicted molar refractivity (Wildman–Crippen MR) is 90.1 cm³/mol. The number of aryl methyl sites for hydroxylation is 2. The van der Waals surface area contributed by atoms with Gasteiger partial charge in [-0.3, -0.25) is 0 Å². The van der Waals surface area contributed by atoms with Crippen molar-refractivity contribution >= 4 is 32.3 Å². The maximum atomic E-state index is 9.86. The highest BCUT2D eigenvalue weighted by atomic mass is 16.3. The number of phenols is 1. The molecule has 102 valence electrons. The minimum Gasteiger partial charge on any atom is -0.508 e. The molecule has 0 aliphatic carbocycles. The van der Waals surface area contributed by atoms with Crippen LogP contribution in [0.5, 0.6) is 5.75 Å². The quantitative estimate of drug-likeness (QED) is 0.421. The molecule has 0 saturated heterocycles. The van der Waals surface area contributed by atoms with Gasteiger partial charge in [-0.15, -0.1) is 0 Å². The summed E-state index contributed by atoms with van der Waals surface area (Å²) in [5.74, 6) is 0.320. The Morgan fingerprint density at radius 1 is 0.667 bits per heavy atom. The molecule has 0 aliphatic rings. The number of fused-ring (bicyclic) bond motifs is 5. The molecule has 0 spiro atoms. The third-order valence-corrected chi connectivity index (χ3v) is 4.32. The molecule has 0 unspecified atom stereocenters. The highest BCUT2D eigenvalue weighted by molar-refractivity contribution is 6.20. The summed E-state index contributed by atoms with van der Waals surface area (Å²) in [5.41, 5.74) is 2.53. The summed E-state index contributed by atoms with van der Waals surface area (Å²) in [6.45, 7) is 4.32. The molecule has 0 heterocycles. The van der Waals surface area contributed by atoms with Gasteiger partial charge in [-0.1, -0.05) is 42.5 Å². The van der Waals surface area contributed by atoms with Gasteiger partial charge in [0.2, 0.25) is 0 Å². The van der Waals surface area contributed by atoms with Crippen LogP contribution in [-0.2, 0) is 0 Å². The van der Waals surface area contributed by atoms with Gasteiger partial charge in [0.15, 0.2) is 0 Å². The molecule has 0 saturated carbocycles. The van der Waals surface area contributed by atoms with Crippen LogP contribution in [0.15, 0.2) is 54.6 Å². The minimum absolute atomic E-state index is 0.320. The van der Waals surface area contributed by atoms with Gasteiger partial charge >= 0.3 is 0 Å². The lowest BCUT2D eigenvalue weighted by Crippen LogP contribution is -1.88. The molecule has 0 aliphatic heterocycles. The second-order valence-electron chi connectivity index (χ2n) is 5.76. The Kier molecular flexibility index (Phi) is 2.46. The average molecular weight is 272 g/mol. The molecule has 21 heavy (non-hydrogen) atoms. The van der Waals surface area contributed by atoms with Crippen LogP contribution in [0.1, 0.15) is 11.1 Å². The second-order valence-corrected chi connectivity index (χ2v) is 5.76. The number of aromatic hydroxyl groups is 1. The van der Waals surface area contributed by atoms with Crippen molar-refractivity contribution in [3.8, 4) is 5.75 Å². The molecule has 0 atom stereocenters. The monoisotopic (exact) mass is 272 g/mol. The van der Waals surface area contributed by atoms with E-state index in [1.807, 2.05) is 12.1 Å². The van der Waals surface area contributed by atoms with Crippen LogP contribution in [0.3, 0.4) is 0 Å². The van der Waals surface area contributed by atoms with Crippen LogP contribution in [0.2, 0.25) is 0 Å². The molecule has 0 amide bonds. The van der Waals surface area contributed by atoms with Gasteiger partial charge in [0.1, 0.15) is 5.75 Å². The number of hydrogen-bond acceptors (Lipinski definition) is 1. The lowest BCUT2D eigenvalue weighted by Gasteiger charge is -2.13. The summed E-state index contributed by atoms with van der Waals surface area (Å²) in [6.07, 6.45) is 0. The molecule has 1 heteroatoms. The molecular formula is C20H16O. The molecule has 0 fully saturated rings. The summed E-state index contributed by atoms with van der Waals surface area (Å²) in [7, 11) is 0. The Bertz CT molecular complexity index is 1010. The Labute approximate surface area is 123 Å². The zero-order valence-electron chi connectivity index (χ0n) is 12.1. The number of benzene rings is 4. The summed E-state index contributed by atoms with van der Waals surface area (Å²) in [6, 6.07) is 18.6. The molecule has 1 nitrogen and oxygen atoms in total. The largest absolute Gasteiger partial charge is 0.508 e. The Morgan fingerprint density at radius 2 is 1.29 bits per heavy atom. The van der Waals surface area contributed by atoms with Crippen molar-refractivity contribution in [1.82, 2.24) is 0 Å². The molecule has 4 rings (SSSR count). The summed E-state index contributed by atoms with van der Waals surface area (Å²) in [4.78, 5) is 0. The van der Waals surface area contributed by atoms with Gasteiger partial charge in [0, 0.05) is 0 Å². The molecule has 1 N–H and O–H groups in total. The third kappa shape index (κ3) is 1.71. The van der Waals surface area contributed by atoms with E-state index in [0.29, 0.717) is 5.75 Å². The van der Waals surface area contributed by atoms with Crippen molar-refractivity contribution in [3.63, 3.8) is 0 Å². The Hall–Kier alpha value is -2.54. The van der Waals surface area contributed by atoms with E-state index in [2.05, 4.69) is 50.2 Å². The molecule has 0 radical (unpaired) electrons. The van der Waals surface area contributed by atoms with E-state index in [0.717, 1.165) is 5.39 Å². The van der Waals surface area contributed by atoms with E-state index >= 15 is 0 Å².